The molecule has 5 nitrogen and oxygen atoms in total. The molecule has 4 rings (SSSR count). The average molecular weight is 383 g/mol. The molecule has 2 aromatic carbocycles. The highest BCUT2D eigenvalue weighted by atomic mass is 19.1. The summed E-state index contributed by atoms with van der Waals surface area (Å²) in [6.45, 7) is 1.67. The van der Waals surface area contributed by atoms with E-state index in [-0.39, 0.29) is 30.1 Å². The van der Waals surface area contributed by atoms with E-state index >= 15 is 0 Å². The van der Waals surface area contributed by atoms with Crippen LogP contribution in [0.1, 0.15) is 30.7 Å². The summed E-state index contributed by atoms with van der Waals surface area (Å²) in [6.07, 6.45) is 2.12. The molecule has 0 aromatic heterocycles. The number of anilines is 1. The van der Waals surface area contributed by atoms with Crippen LogP contribution in [-0.4, -0.2) is 38.1 Å². The Bertz CT molecular complexity index is 858. The maximum atomic E-state index is 13.1. The first-order chi connectivity index (χ1) is 13.6. The second-order valence-electron chi connectivity index (χ2n) is 7.51. The van der Waals surface area contributed by atoms with Crippen LogP contribution in [0.5, 0.6) is 5.75 Å². The van der Waals surface area contributed by atoms with Crippen molar-refractivity contribution in [2.24, 2.45) is 0 Å². The van der Waals surface area contributed by atoms with E-state index < -0.39 is 0 Å². The van der Waals surface area contributed by atoms with E-state index in [0.29, 0.717) is 17.4 Å². The molecule has 0 radical (unpaired) electrons. The second-order valence-corrected chi connectivity index (χ2v) is 7.51. The summed E-state index contributed by atoms with van der Waals surface area (Å²) in [4.78, 5) is 28.0. The highest BCUT2D eigenvalue weighted by molar-refractivity contribution is 6.21. The highest BCUT2D eigenvalue weighted by Crippen LogP contribution is 2.27. The van der Waals surface area contributed by atoms with E-state index in [1.54, 1.807) is 31.4 Å². The number of halogens is 1. The Hall–Kier alpha value is -2.73. The number of piperidine rings is 1. The molecule has 146 valence electrons. The van der Waals surface area contributed by atoms with Crippen LogP contribution in [-0.2, 0) is 9.59 Å². The Morgan fingerprint density at radius 3 is 2.25 bits per heavy atom. The van der Waals surface area contributed by atoms with Crippen LogP contribution in [0.2, 0.25) is 0 Å². The number of benzene rings is 2. The summed E-state index contributed by atoms with van der Waals surface area (Å²) in [5.74, 6) is 0.585. The number of ether oxygens (including phenoxy) is 1. The van der Waals surface area contributed by atoms with Crippen molar-refractivity contribution in [3.63, 3.8) is 0 Å². The van der Waals surface area contributed by atoms with Crippen molar-refractivity contribution < 1.29 is 23.6 Å². The van der Waals surface area contributed by atoms with Gasteiger partial charge in [0, 0.05) is 12.8 Å². The minimum Gasteiger partial charge on any atom is -0.497 e. The van der Waals surface area contributed by atoms with E-state index in [4.69, 9.17) is 4.74 Å². The van der Waals surface area contributed by atoms with Gasteiger partial charge in [-0.25, -0.2) is 9.29 Å². The van der Waals surface area contributed by atoms with Gasteiger partial charge in [0.15, 0.2) is 6.04 Å². The molecular weight excluding hydrogens is 359 g/mol. The van der Waals surface area contributed by atoms with Crippen molar-refractivity contribution in [3.05, 3.63) is 59.9 Å². The molecule has 1 N–H and O–H groups in total. The zero-order valence-electron chi connectivity index (χ0n) is 15.9. The number of quaternary nitrogens is 1. The first kappa shape index (κ1) is 18.6. The number of amides is 2. The molecule has 2 amide bonds. The molecule has 2 saturated heterocycles. The molecule has 0 unspecified atom stereocenters. The molecular formula is C22H24FN2O3+. The Morgan fingerprint density at radius 1 is 1.00 bits per heavy atom. The van der Waals surface area contributed by atoms with Gasteiger partial charge in [-0.2, -0.15) is 0 Å². The Kier molecular flexibility index (Phi) is 5.13. The molecule has 2 fully saturated rings. The first-order valence-electron chi connectivity index (χ1n) is 9.67. The van der Waals surface area contributed by atoms with Gasteiger partial charge in [-0.15, -0.1) is 0 Å². The summed E-state index contributed by atoms with van der Waals surface area (Å²) in [5, 5.41) is 0. The number of methoxy groups -OCH3 is 1. The fraction of sp³-hybridized carbons (Fsp3) is 0.364. The summed E-state index contributed by atoms with van der Waals surface area (Å²) in [5.41, 5.74) is 1.74. The molecule has 2 aliphatic rings. The molecule has 0 saturated carbocycles. The molecule has 2 aromatic rings. The van der Waals surface area contributed by atoms with Crippen molar-refractivity contribution in [1.82, 2.24) is 0 Å². The van der Waals surface area contributed by atoms with E-state index in [1.807, 2.05) is 12.1 Å². The number of carbonyl (C=O) groups is 2. The third-order valence-corrected chi connectivity index (χ3v) is 5.94. The third-order valence-electron chi connectivity index (χ3n) is 5.94. The van der Waals surface area contributed by atoms with Crippen LogP contribution in [0.25, 0.3) is 0 Å². The summed E-state index contributed by atoms with van der Waals surface area (Å²) < 4.78 is 18.3. The van der Waals surface area contributed by atoms with Gasteiger partial charge >= 0.3 is 0 Å². The maximum Gasteiger partial charge on any atom is 0.292 e. The average Bonchev–Trinajstić information content (AvgIpc) is 3.03. The van der Waals surface area contributed by atoms with Gasteiger partial charge in [0.2, 0.25) is 5.91 Å². The van der Waals surface area contributed by atoms with Crippen molar-refractivity contribution >= 4 is 17.5 Å². The lowest BCUT2D eigenvalue weighted by molar-refractivity contribution is -0.920. The predicted molar refractivity (Wildman–Crippen MR) is 103 cm³/mol. The number of hydrogen-bond donors (Lipinski definition) is 1. The van der Waals surface area contributed by atoms with E-state index in [2.05, 4.69) is 0 Å². The summed E-state index contributed by atoms with van der Waals surface area (Å²) in [7, 11) is 1.58. The zero-order chi connectivity index (χ0) is 19.7. The van der Waals surface area contributed by atoms with Crippen LogP contribution in [0.15, 0.2) is 48.5 Å². The molecule has 6 heteroatoms. The minimum atomic E-state index is -0.316. The quantitative estimate of drug-likeness (QED) is 0.821. The summed E-state index contributed by atoms with van der Waals surface area (Å²) in [6, 6.07) is 13.4. The molecule has 28 heavy (non-hydrogen) atoms. The largest absolute Gasteiger partial charge is 0.497 e. The Balaban J connectivity index is 1.42. The number of likely N-dealkylation sites (tertiary alicyclic amines) is 1. The van der Waals surface area contributed by atoms with Gasteiger partial charge in [-0.05, 0) is 47.9 Å². The highest BCUT2D eigenvalue weighted by Gasteiger charge is 2.46. The lowest BCUT2D eigenvalue weighted by Gasteiger charge is -2.32. The molecule has 2 heterocycles. The predicted octanol–water partition coefficient (Wildman–Crippen LogP) is 1.93. The van der Waals surface area contributed by atoms with Crippen LogP contribution in [0.3, 0.4) is 0 Å². The molecule has 1 atom stereocenters. The lowest BCUT2D eigenvalue weighted by atomic mass is 9.89. The molecule has 0 spiro atoms. The Morgan fingerprint density at radius 2 is 1.64 bits per heavy atom. The first-order valence-corrected chi connectivity index (χ1v) is 9.67. The fourth-order valence-electron chi connectivity index (χ4n) is 4.36. The van der Waals surface area contributed by atoms with Gasteiger partial charge < -0.3 is 9.64 Å². The number of nitrogens with one attached hydrogen (secondary N) is 1. The number of imide groups is 1. The number of nitrogens with zero attached hydrogens (tertiary/aromatic N) is 1. The molecule has 0 aliphatic carbocycles. The monoisotopic (exact) mass is 383 g/mol. The van der Waals surface area contributed by atoms with Crippen LogP contribution >= 0.6 is 0 Å². The topological polar surface area (TPSA) is 51.0 Å². The normalized spacial score (nSPS) is 25.2. The van der Waals surface area contributed by atoms with Gasteiger partial charge in [0.1, 0.15) is 11.6 Å². The summed E-state index contributed by atoms with van der Waals surface area (Å²) >= 11 is 0. The second kappa shape index (κ2) is 7.72. The minimum absolute atomic E-state index is 0.120. The van der Waals surface area contributed by atoms with Gasteiger partial charge in [0.25, 0.3) is 5.91 Å². The number of hydrogen-bond acceptors (Lipinski definition) is 3. The Labute approximate surface area is 163 Å². The van der Waals surface area contributed by atoms with Crippen LogP contribution in [0.4, 0.5) is 10.1 Å². The van der Waals surface area contributed by atoms with Crippen molar-refractivity contribution in [1.29, 1.82) is 0 Å². The van der Waals surface area contributed by atoms with E-state index in [1.165, 1.54) is 21.9 Å². The van der Waals surface area contributed by atoms with Crippen molar-refractivity contribution in [3.8, 4) is 5.75 Å². The fourth-order valence-corrected chi connectivity index (χ4v) is 4.36. The van der Waals surface area contributed by atoms with Crippen LogP contribution in [0, 0.1) is 5.82 Å². The standard InChI is InChI=1S/C22H23FN2O3/c1-28-19-8-6-18(7-9-19)25-21(26)14-20(22(25)27)24-12-10-16(11-13-24)15-2-4-17(23)5-3-15/h2-9,16,20H,10-14H2,1H3/p+1/t20-/m0/s1. The number of carbonyl (C=O) groups excluding carboxylic acids is 2. The van der Waals surface area contributed by atoms with Gasteiger partial charge in [-0.1, -0.05) is 12.1 Å². The van der Waals surface area contributed by atoms with Gasteiger partial charge in [-0.3, -0.25) is 9.59 Å². The van der Waals surface area contributed by atoms with Crippen LogP contribution < -0.4 is 14.5 Å². The maximum absolute atomic E-state index is 13.1. The third kappa shape index (κ3) is 3.52. The smallest absolute Gasteiger partial charge is 0.292 e. The van der Waals surface area contributed by atoms with Crippen molar-refractivity contribution in [2.75, 3.05) is 25.1 Å². The lowest BCUT2D eigenvalue weighted by Crippen LogP contribution is -3.17. The molecule has 2 aliphatic heterocycles. The van der Waals surface area contributed by atoms with Crippen molar-refractivity contribution in [2.45, 2.75) is 31.2 Å². The molecule has 0 bridgehead atoms. The van der Waals surface area contributed by atoms with E-state index in [0.717, 1.165) is 31.5 Å². The van der Waals surface area contributed by atoms with E-state index in [9.17, 15) is 14.0 Å². The number of rotatable bonds is 4. The van der Waals surface area contributed by atoms with Gasteiger partial charge in [0.05, 0.1) is 32.3 Å². The zero-order valence-corrected chi connectivity index (χ0v) is 15.9. The SMILES string of the molecule is COc1ccc(N2C(=O)C[C@H]([NH+]3CCC(c4ccc(F)cc4)CC3)C2=O)cc1.